The summed E-state index contributed by atoms with van der Waals surface area (Å²) in [6.07, 6.45) is 3.85. The molecule has 2 heterocycles. The SMILES string of the molecule is O=C(O)c1cc(Sc2nc(C3CC3)ns2)ccn1. The molecule has 0 aromatic carbocycles. The Kier molecular flexibility index (Phi) is 3.00. The number of aromatic nitrogens is 3. The molecule has 1 aliphatic carbocycles. The van der Waals surface area contributed by atoms with Crippen molar-refractivity contribution in [3.63, 3.8) is 0 Å². The van der Waals surface area contributed by atoms with Crippen LogP contribution >= 0.6 is 23.3 Å². The molecule has 2 aromatic rings. The Hall–Kier alpha value is -1.47. The highest BCUT2D eigenvalue weighted by molar-refractivity contribution is 8.01. The highest BCUT2D eigenvalue weighted by atomic mass is 32.2. The van der Waals surface area contributed by atoms with Crippen LogP contribution in [0.3, 0.4) is 0 Å². The molecular weight excluding hydrogens is 270 g/mol. The Morgan fingerprint density at radius 3 is 3.06 bits per heavy atom. The van der Waals surface area contributed by atoms with Crippen molar-refractivity contribution in [1.82, 2.24) is 14.3 Å². The van der Waals surface area contributed by atoms with E-state index in [1.807, 2.05) is 0 Å². The van der Waals surface area contributed by atoms with Crippen LogP contribution in [0.15, 0.2) is 27.6 Å². The van der Waals surface area contributed by atoms with Gasteiger partial charge >= 0.3 is 5.97 Å². The third-order valence-electron chi connectivity index (χ3n) is 2.52. The maximum absolute atomic E-state index is 10.8. The molecule has 3 rings (SSSR count). The van der Waals surface area contributed by atoms with Crippen molar-refractivity contribution in [2.45, 2.75) is 28.0 Å². The zero-order valence-electron chi connectivity index (χ0n) is 9.24. The van der Waals surface area contributed by atoms with Gasteiger partial charge in [-0.05, 0) is 36.5 Å². The molecule has 0 bridgehead atoms. The standard InChI is InChI=1S/C11H9N3O2S2/c15-10(16)8-5-7(3-4-12-8)17-11-13-9(14-18-11)6-1-2-6/h3-6H,1-2H2,(H,15,16). The van der Waals surface area contributed by atoms with E-state index in [0.717, 1.165) is 15.1 Å². The number of nitrogens with zero attached hydrogens (tertiary/aromatic N) is 3. The van der Waals surface area contributed by atoms with Gasteiger partial charge in [0.05, 0.1) is 0 Å². The van der Waals surface area contributed by atoms with Gasteiger partial charge in [-0.15, -0.1) is 0 Å². The summed E-state index contributed by atoms with van der Waals surface area (Å²) in [5.41, 5.74) is 0.0481. The van der Waals surface area contributed by atoms with Crippen LogP contribution in [0.2, 0.25) is 0 Å². The van der Waals surface area contributed by atoms with E-state index in [4.69, 9.17) is 5.11 Å². The Morgan fingerprint density at radius 1 is 1.50 bits per heavy atom. The average molecular weight is 279 g/mol. The van der Waals surface area contributed by atoms with Gasteiger partial charge in [-0.2, -0.15) is 4.37 Å². The Labute approximate surface area is 111 Å². The minimum atomic E-state index is -1.02. The molecule has 1 saturated carbocycles. The van der Waals surface area contributed by atoms with Crippen molar-refractivity contribution in [2.24, 2.45) is 0 Å². The molecule has 1 fully saturated rings. The number of carboxylic acids is 1. The molecule has 18 heavy (non-hydrogen) atoms. The van der Waals surface area contributed by atoms with Gasteiger partial charge in [0, 0.05) is 17.0 Å². The number of hydrogen-bond donors (Lipinski definition) is 1. The maximum atomic E-state index is 10.8. The molecule has 0 amide bonds. The van der Waals surface area contributed by atoms with Crippen LogP contribution in [0.1, 0.15) is 35.1 Å². The molecule has 1 aliphatic rings. The largest absolute Gasteiger partial charge is 0.477 e. The van der Waals surface area contributed by atoms with Crippen molar-refractivity contribution in [3.05, 3.63) is 29.8 Å². The van der Waals surface area contributed by atoms with E-state index in [-0.39, 0.29) is 5.69 Å². The molecule has 0 saturated heterocycles. The maximum Gasteiger partial charge on any atom is 0.354 e. The lowest BCUT2D eigenvalue weighted by atomic mass is 10.4. The second kappa shape index (κ2) is 4.66. The van der Waals surface area contributed by atoms with Crippen LogP contribution in [0.5, 0.6) is 0 Å². The van der Waals surface area contributed by atoms with Crippen LogP contribution in [0.25, 0.3) is 0 Å². The normalized spacial score (nSPS) is 14.7. The zero-order valence-corrected chi connectivity index (χ0v) is 10.9. The van der Waals surface area contributed by atoms with E-state index >= 15 is 0 Å². The summed E-state index contributed by atoms with van der Waals surface area (Å²) in [6, 6.07) is 3.32. The monoisotopic (exact) mass is 279 g/mol. The lowest BCUT2D eigenvalue weighted by molar-refractivity contribution is 0.0690. The molecular formula is C11H9N3O2S2. The van der Waals surface area contributed by atoms with Gasteiger partial charge in [0.25, 0.3) is 0 Å². The van der Waals surface area contributed by atoms with E-state index in [0.29, 0.717) is 5.92 Å². The average Bonchev–Trinajstić information content (AvgIpc) is 3.11. The van der Waals surface area contributed by atoms with Gasteiger partial charge in [0.15, 0.2) is 4.34 Å². The van der Waals surface area contributed by atoms with Crippen LogP contribution in [-0.4, -0.2) is 25.4 Å². The molecule has 5 nitrogen and oxygen atoms in total. The van der Waals surface area contributed by atoms with E-state index in [1.54, 1.807) is 12.1 Å². The first-order valence-electron chi connectivity index (χ1n) is 5.43. The van der Waals surface area contributed by atoms with Gasteiger partial charge < -0.3 is 5.11 Å². The first kappa shape index (κ1) is 11.6. The Bertz CT molecular complexity index is 595. The number of carbonyl (C=O) groups is 1. The first-order valence-corrected chi connectivity index (χ1v) is 7.02. The molecule has 1 N–H and O–H groups in total. The molecule has 0 unspecified atom stereocenters. The lowest BCUT2D eigenvalue weighted by Crippen LogP contribution is -1.99. The smallest absolute Gasteiger partial charge is 0.354 e. The van der Waals surface area contributed by atoms with Crippen molar-refractivity contribution < 1.29 is 9.90 Å². The van der Waals surface area contributed by atoms with Crippen LogP contribution in [-0.2, 0) is 0 Å². The number of rotatable bonds is 4. The highest BCUT2D eigenvalue weighted by Gasteiger charge is 2.27. The third kappa shape index (κ3) is 2.51. The number of hydrogen-bond acceptors (Lipinski definition) is 6. The predicted molar refractivity (Wildman–Crippen MR) is 67.2 cm³/mol. The fraction of sp³-hybridized carbons (Fsp3) is 0.273. The first-order chi connectivity index (χ1) is 8.72. The molecule has 0 radical (unpaired) electrons. The van der Waals surface area contributed by atoms with E-state index < -0.39 is 5.97 Å². The fourth-order valence-corrected chi connectivity index (χ4v) is 3.15. The molecule has 0 aliphatic heterocycles. The number of pyridine rings is 1. The van der Waals surface area contributed by atoms with Crippen LogP contribution in [0.4, 0.5) is 0 Å². The van der Waals surface area contributed by atoms with Crippen LogP contribution in [0, 0.1) is 0 Å². The van der Waals surface area contributed by atoms with Gasteiger partial charge in [-0.25, -0.2) is 14.8 Å². The van der Waals surface area contributed by atoms with Crippen LogP contribution < -0.4 is 0 Å². The molecule has 92 valence electrons. The van der Waals surface area contributed by atoms with Gasteiger partial charge in [0.1, 0.15) is 11.5 Å². The number of aromatic carboxylic acids is 1. The second-order valence-corrected chi connectivity index (χ2v) is 6.05. The summed E-state index contributed by atoms with van der Waals surface area (Å²) in [7, 11) is 0. The van der Waals surface area contributed by atoms with E-state index in [1.165, 1.54) is 42.3 Å². The zero-order chi connectivity index (χ0) is 12.5. The lowest BCUT2D eigenvalue weighted by Gasteiger charge is -1.98. The summed E-state index contributed by atoms with van der Waals surface area (Å²) in [5.74, 6) is 0.450. The molecule has 7 heteroatoms. The second-order valence-electron chi connectivity index (χ2n) is 3.98. The fourth-order valence-electron chi connectivity index (χ4n) is 1.46. The molecule has 0 spiro atoms. The van der Waals surface area contributed by atoms with Crippen molar-refractivity contribution in [1.29, 1.82) is 0 Å². The highest BCUT2D eigenvalue weighted by Crippen LogP contribution is 2.40. The van der Waals surface area contributed by atoms with Crippen molar-refractivity contribution >= 4 is 29.3 Å². The summed E-state index contributed by atoms with van der Waals surface area (Å²) in [4.78, 5) is 19.9. The molecule has 0 atom stereocenters. The van der Waals surface area contributed by atoms with Crippen molar-refractivity contribution in [2.75, 3.05) is 0 Å². The van der Waals surface area contributed by atoms with E-state index in [2.05, 4.69) is 14.3 Å². The summed E-state index contributed by atoms with van der Waals surface area (Å²) in [5, 5.41) is 8.86. The Balaban J connectivity index is 1.78. The van der Waals surface area contributed by atoms with Crippen molar-refractivity contribution in [3.8, 4) is 0 Å². The molecule has 2 aromatic heterocycles. The Morgan fingerprint density at radius 2 is 2.33 bits per heavy atom. The van der Waals surface area contributed by atoms with Gasteiger partial charge in [-0.1, -0.05) is 11.8 Å². The quantitative estimate of drug-likeness (QED) is 0.927. The summed E-state index contributed by atoms with van der Waals surface area (Å²) >= 11 is 2.79. The van der Waals surface area contributed by atoms with E-state index in [9.17, 15) is 4.79 Å². The van der Waals surface area contributed by atoms with Gasteiger partial charge in [-0.3, -0.25) is 0 Å². The summed E-state index contributed by atoms with van der Waals surface area (Å²) in [6.45, 7) is 0. The number of carboxylic acid groups (broad SMARTS) is 1. The van der Waals surface area contributed by atoms with Gasteiger partial charge in [0.2, 0.25) is 0 Å². The minimum absolute atomic E-state index is 0.0481. The predicted octanol–water partition coefficient (Wildman–Crippen LogP) is 2.66. The third-order valence-corrected chi connectivity index (χ3v) is 4.28. The minimum Gasteiger partial charge on any atom is -0.477 e. The topological polar surface area (TPSA) is 76.0 Å². The summed E-state index contributed by atoms with van der Waals surface area (Å²) < 4.78 is 5.16.